The quantitative estimate of drug-likeness (QED) is 0.427. The van der Waals surface area contributed by atoms with Crippen molar-refractivity contribution >= 4 is 17.5 Å². The molecule has 0 bridgehead atoms. The van der Waals surface area contributed by atoms with Crippen molar-refractivity contribution in [2.45, 2.75) is 112 Å². The minimum atomic E-state index is -1.85. The van der Waals surface area contributed by atoms with Crippen molar-refractivity contribution in [3.63, 3.8) is 0 Å². The first-order valence-corrected chi connectivity index (χ1v) is 14.0. The zero-order valence-corrected chi connectivity index (χ0v) is 23.4. The van der Waals surface area contributed by atoms with E-state index < -0.39 is 22.9 Å². The highest BCUT2D eigenvalue weighted by Gasteiger charge is 2.63. The molecule has 0 aliphatic heterocycles. The number of carbonyl (C=O) groups is 3. The molecule has 0 spiro atoms. The Labute approximate surface area is 217 Å². The van der Waals surface area contributed by atoms with Crippen LogP contribution in [-0.4, -0.2) is 46.1 Å². The second-order valence-corrected chi connectivity index (χ2v) is 13.0. The number of hydrogen-bond donors (Lipinski definition) is 2. The fraction of sp³-hybridized carbons (Fsp3) is 0.833. The summed E-state index contributed by atoms with van der Waals surface area (Å²) in [4.78, 5) is 38.9. The van der Waals surface area contributed by atoms with Gasteiger partial charge in [0.2, 0.25) is 0 Å². The number of fused-ring (bicyclic) bond motifs is 1. The molecule has 0 aromatic rings. The number of aliphatic hydroxyl groups excluding tert-OH is 1. The average molecular weight is 505 g/mol. The first kappa shape index (κ1) is 29.0. The van der Waals surface area contributed by atoms with E-state index in [1.807, 2.05) is 0 Å². The fourth-order valence-electron chi connectivity index (χ4n) is 7.45. The van der Waals surface area contributed by atoms with Crippen LogP contribution in [0.1, 0.15) is 99.8 Å². The molecule has 0 aromatic heterocycles. The minimum absolute atomic E-state index is 0.0973. The molecule has 2 fully saturated rings. The molecule has 8 atom stereocenters. The van der Waals surface area contributed by atoms with Crippen LogP contribution in [0.5, 0.6) is 0 Å². The zero-order chi connectivity index (χ0) is 27.1. The Kier molecular flexibility index (Phi) is 8.62. The van der Waals surface area contributed by atoms with E-state index in [0.717, 1.165) is 25.7 Å². The van der Waals surface area contributed by atoms with Crippen molar-refractivity contribution in [2.24, 2.45) is 40.4 Å². The van der Waals surface area contributed by atoms with E-state index in [9.17, 15) is 24.6 Å². The van der Waals surface area contributed by atoms with E-state index in [2.05, 4.69) is 34.6 Å². The number of esters is 1. The van der Waals surface area contributed by atoms with Crippen LogP contribution in [0, 0.1) is 40.4 Å². The average Bonchev–Trinajstić information content (AvgIpc) is 3.13. The Morgan fingerprint density at radius 3 is 2.39 bits per heavy atom. The number of allylic oxidation sites excluding steroid dienone is 1. The van der Waals surface area contributed by atoms with Gasteiger partial charge in [0.1, 0.15) is 5.60 Å². The molecule has 6 nitrogen and oxygen atoms in total. The molecule has 0 amide bonds. The van der Waals surface area contributed by atoms with Gasteiger partial charge in [-0.05, 0) is 80.1 Å². The van der Waals surface area contributed by atoms with Crippen LogP contribution in [0.4, 0.5) is 0 Å². The molecule has 204 valence electrons. The third kappa shape index (κ3) is 5.09. The van der Waals surface area contributed by atoms with Crippen molar-refractivity contribution in [1.29, 1.82) is 0 Å². The van der Waals surface area contributed by atoms with Gasteiger partial charge in [-0.2, -0.15) is 0 Å². The molecule has 3 rings (SSSR count). The highest BCUT2D eigenvalue weighted by atomic mass is 16.5. The maximum Gasteiger partial charge on any atom is 0.302 e. The second-order valence-electron chi connectivity index (χ2n) is 13.0. The molecule has 0 aromatic carbocycles. The van der Waals surface area contributed by atoms with E-state index in [4.69, 9.17) is 4.74 Å². The molecule has 36 heavy (non-hydrogen) atoms. The molecular weight excluding hydrogens is 456 g/mol. The van der Waals surface area contributed by atoms with Gasteiger partial charge in [-0.3, -0.25) is 14.4 Å². The molecule has 0 heterocycles. The largest absolute Gasteiger partial charge is 0.466 e. The fourth-order valence-corrected chi connectivity index (χ4v) is 7.45. The molecule has 3 aliphatic rings. The van der Waals surface area contributed by atoms with Crippen LogP contribution >= 0.6 is 0 Å². The van der Waals surface area contributed by atoms with Crippen LogP contribution in [0.3, 0.4) is 0 Å². The molecular formula is C30H48O6. The lowest BCUT2D eigenvalue weighted by molar-refractivity contribution is -0.174. The number of rotatable bonds is 9. The third-order valence-electron chi connectivity index (χ3n) is 10.5. The summed E-state index contributed by atoms with van der Waals surface area (Å²) in [6.07, 6.45) is 5.83. The van der Waals surface area contributed by atoms with Gasteiger partial charge in [0.05, 0.1) is 18.1 Å². The number of Topliss-reactive ketones (excluding diaryl/α,β-unsaturated/α-hetero) is 1. The Balaban J connectivity index is 1.93. The maximum atomic E-state index is 14.0. The van der Waals surface area contributed by atoms with E-state index in [1.54, 1.807) is 6.92 Å². The van der Waals surface area contributed by atoms with Crippen LogP contribution in [0.25, 0.3) is 0 Å². The third-order valence-corrected chi connectivity index (χ3v) is 10.5. The highest BCUT2D eigenvalue weighted by Crippen LogP contribution is 2.59. The van der Waals surface area contributed by atoms with Crippen molar-refractivity contribution < 1.29 is 29.3 Å². The first-order valence-electron chi connectivity index (χ1n) is 14.0. The normalized spacial score (nSPS) is 38.5. The molecule has 2 N–H and O–H groups in total. The number of ketones is 2. The monoisotopic (exact) mass is 504 g/mol. The van der Waals surface area contributed by atoms with E-state index in [-0.39, 0.29) is 42.5 Å². The summed E-state index contributed by atoms with van der Waals surface area (Å²) < 4.78 is 5.37. The predicted octanol–water partition coefficient (Wildman–Crippen LogP) is 5.04. The Morgan fingerprint density at radius 1 is 1.11 bits per heavy atom. The highest BCUT2D eigenvalue weighted by molar-refractivity contribution is 6.16. The maximum absolute atomic E-state index is 14.0. The van der Waals surface area contributed by atoms with Crippen molar-refractivity contribution in [1.82, 2.24) is 0 Å². The van der Waals surface area contributed by atoms with Gasteiger partial charge in [0.15, 0.2) is 11.6 Å². The molecule has 8 unspecified atom stereocenters. The van der Waals surface area contributed by atoms with Crippen molar-refractivity contribution in [3.05, 3.63) is 11.6 Å². The Bertz CT molecular complexity index is 892. The molecule has 2 saturated carbocycles. The van der Waals surface area contributed by atoms with E-state index >= 15 is 0 Å². The number of aliphatic hydroxyl groups is 2. The lowest BCUT2D eigenvalue weighted by atomic mass is 9.53. The molecule has 6 heteroatoms. The lowest BCUT2D eigenvalue weighted by Gasteiger charge is -2.51. The second kappa shape index (κ2) is 10.7. The van der Waals surface area contributed by atoms with Crippen LogP contribution < -0.4 is 0 Å². The van der Waals surface area contributed by atoms with E-state index in [0.29, 0.717) is 42.1 Å². The van der Waals surface area contributed by atoms with Gasteiger partial charge in [0, 0.05) is 18.9 Å². The predicted molar refractivity (Wildman–Crippen MR) is 139 cm³/mol. The molecule has 0 radical (unpaired) electrons. The summed E-state index contributed by atoms with van der Waals surface area (Å²) >= 11 is 0. The van der Waals surface area contributed by atoms with Gasteiger partial charge in [-0.1, -0.05) is 47.5 Å². The number of ether oxygens (including phenoxy) is 1. The molecule has 3 aliphatic carbocycles. The van der Waals surface area contributed by atoms with Gasteiger partial charge in [-0.25, -0.2) is 0 Å². The van der Waals surface area contributed by atoms with Gasteiger partial charge in [-0.15, -0.1) is 0 Å². The smallest absolute Gasteiger partial charge is 0.302 e. The summed E-state index contributed by atoms with van der Waals surface area (Å²) in [5, 5.41) is 21.5. The topological polar surface area (TPSA) is 101 Å². The number of carbonyl (C=O) groups excluding carboxylic acids is 3. The lowest BCUT2D eigenvalue weighted by Crippen LogP contribution is -2.63. The minimum Gasteiger partial charge on any atom is -0.466 e. The summed E-state index contributed by atoms with van der Waals surface area (Å²) in [7, 11) is 0. The van der Waals surface area contributed by atoms with Crippen LogP contribution in [0.2, 0.25) is 0 Å². The van der Waals surface area contributed by atoms with E-state index in [1.165, 1.54) is 13.0 Å². The Morgan fingerprint density at radius 2 is 1.78 bits per heavy atom. The van der Waals surface area contributed by atoms with Crippen molar-refractivity contribution in [3.8, 4) is 0 Å². The Hall–Kier alpha value is -1.53. The standard InChI is InChI=1S/C30H48O6/c1-18(2)19(3)8-9-20(4)24-10-11-25(28(24,6)14-15-36-21(5)31)23-16-26(33)30(35)17-22(32)12-13-29(30,7)27(23)34/h16,18-20,22,24-25,32,35H,8-15,17H2,1-7H3. The van der Waals surface area contributed by atoms with Gasteiger partial charge in [0.25, 0.3) is 0 Å². The number of hydrogen-bond acceptors (Lipinski definition) is 6. The SMILES string of the molecule is CC(=O)OCCC1(C)C(C2=CC(=O)C3(O)CC(O)CCC3(C)C2=O)CCC1C(C)CCC(C)C(C)C. The summed E-state index contributed by atoms with van der Waals surface area (Å²) in [5.74, 6) is 0.987. The van der Waals surface area contributed by atoms with Crippen LogP contribution in [0.15, 0.2) is 11.6 Å². The van der Waals surface area contributed by atoms with Gasteiger partial charge >= 0.3 is 5.97 Å². The summed E-state index contributed by atoms with van der Waals surface area (Å²) in [5.41, 5.74) is -2.85. The van der Waals surface area contributed by atoms with Gasteiger partial charge < -0.3 is 14.9 Å². The first-order chi connectivity index (χ1) is 16.7. The summed E-state index contributed by atoms with van der Waals surface area (Å²) in [6, 6.07) is 0. The summed E-state index contributed by atoms with van der Waals surface area (Å²) in [6.45, 7) is 14.7. The zero-order valence-electron chi connectivity index (χ0n) is 23.4. The van der Waals surface area contributed by atoms with Crippen molar-refractivity contribution in [2.75, 3.05) is 6.61 Å². The molecule has 0 saturated heterocycles. The van der Waals surface area contributed by atoms with Crippen LogP contribution in [-0.2, 0) is 19.1 Å².